The van der Waals surface area contributed by atoms with E-state index in [1.165, 1.54) is 11.1 Å². The molecule has 2 aromatic rings. The van der Waals surface area contributed by atoms with Crippen molar-refractivity contribution in [3.05, 3.63) is 71.8 Å². The Bertz CT molecular complexity index is 724. The van der Waals surface area contributed by atoms with E-state index < -0.39 is 0 Å². The molecule has 0 heterocycles. The lowest BCUT2D eigenvalue weighted by Crippen LogP contribution is -2.44. The molecule has 4 rings (SSSR count). The zero-order valence-corrected chi connectivity index (χ0v) is 16.6. The minimum atomic E-state index is -0.300. The Hall–Kier alpha value is -2.44. The normalized spacial score (nSPS) is 17.8. The van der Waals surface area contributed by atoms with Crippen LogP contribution in [0.4, 0.5) is 0 Å². The fraction of sp³-hybridized carbons (Fsp3) is 0.440. The second kappa shape index (κ2) is 10.2. The predicted octanol–water partition coefficient (Wildman–Crippen LogP) is 5.65. The summed E-state index contributed by atoms with van der Waals surface area (Å²) >= 11 is 0. The third kappa shape index (κ3) is 5.53. The van der Waals surface area contributed by atoms with Crippen LogP contribution in [0.5, 0.6) is 0 Å². The van der Waals surface area contributed by atoms with Crippen molar-refractivity contribution in [2.75, 3.05) is 0 Å². The van der Waals surface area contributed by atoms with E-state index in [0.29, 0.717) is 5.78 Å². The van der Waals surface area contributed by atoms with Crippen molar-refractivity contribution in [1.82, 2.24) is 4.90 Å². The Morgan fingerprint density at radius 3 is 1.61 bits per heavy atom. The number of hydrogen-bond donors (Lipinski definition) is 0. The van der Waals surface area contributed by atoms with E-state index >= 15 is 0 Å². The summed E-state index contributed by atoms with van der Waals surface area (Å²) in [5.41, 5.74) is 2.26. The van der Waals surface area contributed by atoms with Gasteiger partial charge in [0.15, 0.2) is 0 Å². The van der Waals surface area contributed by atoms with Crippen molar-refractivity contribution in [3.63, 3.8) is 0 Å². The van der Waals surface area contributed by atoms with E-state index in [-0.39, 0.29) is 5.54 Å². The van der Waals surface area contributed by atoms with Crippen LogP contribution >= 0.6 is 0 Å². The number of ketones is 1. The molecule has 0 aliphatic heterocycles. The molecule has 0 unspecified atom stereocenters. The Kier molecular flexibility index (Phi) is 7.39. The van der Waals surface area contributed by atoms with Crippen LogP contribution in [-0.4, -0.2) is 16.2 Å². The van der Waals surface area contributed by atoms with Crippen molar-refractivity contribution in [2.45, 2.75) is 70.0 Å². The van der Waals surface area contributed by atoms with Gasteiger partial charge in [-0.15, -0.1) is 0 Å². The standard InChI is InChI=1S/C20H22N2.C5H8O/c21-17-20(13-7-8-14-20)22(15-18-9-3-1-4-10-18)16-19-11-5-2-6-12-19;6-5-3-1-2-4-5/h1-6,9-12H,7-8,13-16H2;1-4H2. The van der Waals surface area contributed by atoms with Gasteiger partial charge < -0.3 is 0 Å². The van der Waals surface area contributed by atoms with E-state index in [2.05, 4.69) is 59.5 Å². The summed E-state index contributed by atoms with van der Waals surface area (Å²) < 4.78 is 0. The lowest BCUT2D eigenvalue weighted by atomic mass is 9.95. The maximum absolute atomic E-state index is 10.2. The van der Waals surface area contributed by atoms with Gasteiger partial charge in [0.05, 0.1) is 6.07 Å². The van der Waals surface area contributed by atoms with E-state index in [4.69, 9.17) is 0 Å². The van der Waals surface area contributed by atoms with Crippen LogP contribution in [0.2, 0.25) is 0 Å². The molecule has 0 bridgehead atoms. The molecule has 3 heteroatoms. The van der Waals surface area contributed by atoms with Gasteiger partial charge in [-0.25, -0.2) is 0 Å². The molecule has 0 amide bonds. The van der Waals surface area contributed by atoms with Crippen LogP contribution in [-0.2, 0) is 17.9 Å². The molecule has 0 aromatic heterocycles. The molecule has 3 nitrogen and oxygen atoms in total. The fourth-order valence-electron chi connectivity index (χ4n) is 4.19. The number of nitriles is 1. The van der Waals surface area contributed by atoms with E-state index in [1.54, 1.807) is 0 Å². The lowest BCUT2D eigenvalue weighted by Gasteiger charge is -2.36. The minimum absolute atomic E-state index is 0.300. The first-order chi connectivity index (χ1) is 13.7. The number of rotatable bonds is 5. The van der Waals surface area contributed by atoms with Crippen molar-refractivity contribution in [2.24, 2.45) is 0 Å². The van der Waals surface area contributed by atoms with Gasteiger partial charge in [-0.3, -0.25) is 9.69 Å². The topological polar surface area (TPSA) is 44.1 Å². The van der Waals surface area contributed by atoms with Crippen LogP contribution in [0, 0.1) is 11.3 Å². The molecule has 2 fully saturated rings. The summed E-state index contributed by atoms with van der Waals surface area (Å²) in [5.74, 6) is 0.454. The molecule has 0 spiro atoms. The molecule has 2 aromatic carbocycles. The Labute approximate surface area is 169 Å². The molecule has 0 atom stereocenters. The van der Waals surface area contributed by atoms with E-state index in [9.17, 15) is 10.1 Å². The second-order valence-corrected chi connectivity index (χ2v) is 7.92. The molecule has 146 valence electrons. The van der Waals surface area contributed by atoms with Gasteiger partial charge in [-0.05, 0) is 36.8 Å². The van der Waals surface area contributed by atoms with Gasteiger partial charge in [0.25, 0.3) is 0 Å². The summed E-state index contributed by atoms with van der Waals surface area (Å²) in [6.07, 6.45) is 8.27. The van der Waals surface area contributed by atoms with Gasteiger partial charge >= 0.3 is 0 Å². The number of hydrogen-bond acceptors (Lipinski definition) is 3. The molecule has 0 radical (unpaired) electrons. The van der Waals surface area contributed by atoms with Gasteiger partial charge in [0, 0.05) is 25.9 Å². The minimum Gasteiger partial charge on any atom is -0.300 e. The first-order valence-electron chi connectivity index (χ1n) is 10.5. The summed E-state index contributed by atoms with van der Waals surface area (Å²) in [7, 11) is 0. The fourth-order valence-corrected chi connectivity index (χ4v) is 4.19. The third-order valence-electron chi connectivity index (χ3n) is 5.84. The number of nitrogens with zero attached hydrogens (tertiary/aromatic N) is 2. The smallest absolute Gasteiger partial charge is 0.132 e. The number of carbonyl (C=O) groups is 1. The highest BCUT2D eigenvalue weighted by atomic mass is 16.1. The van der Waals surface area contributed by atoms with Gasteiger partial charge in [-0.1, -0.05) is 73.5 Å². The van der Waals surface area contributed by atoms with Crippen molar-refractivity contribution in [1.29, 1.82) is 5.26 Å². The highest BCUT2D eigenvalue weighted by Crippen LogP contribution is 2.36. The maximum atomic E-state index is 10.2. The zero-order chi connectivity index (χ0) is 19.7. The van der Waals surface area contributed by atoms with Gasteiger partial charge in [0.1, 0.15) is 11.3 Å². The highest BCUT2D eigenvalue weighted by molar-refractivity contribution is 5.80. The van der Waals surface area contributed by atoms with Crippen LogP contribution in [0.25, 0.3) is 0 Å². The Morgan fingerprint density at radius 1 is 0.786 bits per heavy atom. The molecule has 2 aliphatic carbocycles. The highest BCUT2D eigenvalue weighted by Gasteiger charge is 2.39. The van der Waals surface area contributed by atoms with Crippen LogP contribution in [0.3, 0.4) is 0 Å². The quantitative estimate of drug-likeness (QED) is 0.679. The number of Topliss-reactive ketones (excluding diaryl/α,β-unsaturated/α-hetero) is 1. The summed E-state index contributed by atoms with van der Waals surface area (Å²) in [6, 6.07) is 23.6. The summed E-state index contributed by atoms with van der Waals surface area (Å²) in [4.78, 5) is 12.6. The van der Waals surface area contributed by atoms with Crippen molar-refractivity contribution in [3.8, 4) is 6.07 Å². The lowest BCUT2D eigenvalue weighted by molar-refractivity contribution is -0.117. The van der Waals surface area contributed by atoms with Crippen molar-refractivity contribution < 1.29 is 4.79 Å². The number of benzene rings is 2. The van der Waals surface area contributed by atoms with E-state index in [1.807, 2.05) is 12.1 Å². The molecule has 2 aliphatic rings. The van der Waals surface area contributed by atoms with E-state index in [0.717, 1.165) is 64.5 Å². The average molecular weight is 375 g/mol. The zero-order valence-electron chi connectivity index (χ0n) is 16.6. The molecular formula is C25H30N2O. The second-order valence-electron chi connectivity index (χ2n) is 7.92. The maximum Gasteiger partial charge on any atom is 0.132 e. The van der Waals surface area contributed by atoms with Crippen LogP contribution in [0.15, 0.2) is 60.7 Å². The predicted molar refractivity (Wildman–Crippen MR) is 112 cm³/mol. The molecule has 2 saturated carbocycles. The first-order valence-corrected chi connectivity index (χ1v) is 10.5. The molecule has 0 N–H and O–H groups in total. The number of carbonyl (C=O) groups excluding carboxylic acids is 1. The average Bonchev–Trinajstić information content (AvgIpc) is 3.42. The summed E-state index contributed by atoms with van der Waals surface area (Å²) in [5, 5.41) is 9.85. The monoisotopic (exact) mass is 374 g/mol. The van der Waals surface area contributed by atoms with Gasteiger partial charge in [-0.2, -0.15) is 5.26 Å². The van der Waals surface area contributed by atoms with Crippen LogP contribution < -0.4 is 0 Å². The molecule has 0 saturated heterocycles. The molecule has 28 heavy (non-hydrogen) atoms. The van der Waals surface area contributed by atoms with Gasteiger partial charge in [0.2, 0.25) is 0 Å². The Balaban J connectivity index is 0.000000320. The SMILES string of the molecule is N#CC1(N(Cc2ccccc2)Cc2ccccc2)CCCC1.O=C1CCCC1. The largest absolute Gasteiger partial charge is 0.300 e. The summed E-state index contributed by atoms with van der Waals surface area (Å²) in [6.45, 7) is 1.67. The van der Waals surface area contributed by atoms with Crippen molar-refractivity contribution >= 4 is 5.78 Å². The Morgan fingerprint density at radius 2 is 1.25 bits per heavy atom. The van der Waals surface area contributed by atoms with Crippen LogP contribution in [0.1, 0.15) is 62.5 Å². The molecular weight excluding hydrogens is 344 g/mol. The first kappa shape index (κ1) is 20.3. The third-order valence-corrected chi connectivity index (χ3v) is 5.84.